The van der Waals surface area contributed by atoms with E-state index in [2.05, 4.69) is 39.1 Å². The number of aryl methyl sites for hydroxylation is 1. The van der Waals surface area contributed by atoms with E-state index in [1.54, 1.807) is 29.0 Å². The molecule has 1 saturated carbocycles. The minimum absolute atomic E-state index is 0.0372. The van der Waals surface area contributed by atoms with Crippen molar-refractivity contribution >= 4 is 17.5 Å². The predicted octanol–water partition coefficient (Wildman–Crippen LogP) is 5.10. The van der Waals surface area contributed by atoms with Crippen molar-refractivity contribution in [3.8, 4) is 5.75 Å². The van der Waals surface area contributed by atoms with Crippen molar-refractivity contribution in [1.82, 2.24) is 19.6 Å². The molecule has 0 bridgehead atoms. The Morgan fingerprint density at radius 1 is 1.32 bits per heavy atom. The Morgan fingerprint density at radius 2 is 2.15 bits per heavy atom. The van der Waals surface area contributed by atoms with E-state index < -0.39 is 12.6 Å². The maximum absolute atomic E-state index is 12.4. The molecule has 0 aromatic carbocycles. The number of aromatic nitrogens is 4. The van der Waals surface area contributed by atoms with E-state index in [4.69, 9.17) is 9.15 Å². The van der Waals surface area contributed by atoms with Crippen LogP contribution in [0.5, 0.6) is 5.75 Å². The van der Waals surface area contributed by atoms with Gasteiger partial charge in [0.05, 0.1) is 12.8 Å². The normalized spacial score (nSPS) is 20.7. The number of alkyl halides is 3. The zero-order chi connectivity index (χ0) is 24.3. The van der Waals surface area contributed by atoms with Gasteiger partial charge in [-0.05, 0) is 50.2 Å². The monoisotopic (exact) mass is 480 g/mol. The first-order valence-corrected chi connectivity index (χ1v) is 11.7. The Morgan fingerprint density at radius 3 is 2.85 bits per heavy atom. The Labute approximate surface area is 196 Å². The van der Waals surface area contributed by atoms with E-state index in [-0.39, 0.29) is 19.1 Å². The van der Waals surface area contributed by atoms with E-state index in [0.29, 0.717) is 35.1 Å². The van der Waals surface area contributed by atoms with Gasteiger partial charge in [0.15, 0.2) is 17.3 Å². The highest BCUT2D eigenvalue weighted by molar-refractivity contribution is 5.55. The van der Waals surface area contributed by atoms with Gasteiger partial charge in [-0.25, -0.2) is 9.50 Å². The van der Waals surface area contributed by atoms with E-state index in [1.807, 2.05) is 6.92 Å². The van der Waals surface area contributed by atoms with Gasteiger partial charge in [-0.3, -0.25) is 0 Å². The third kappa shape index (κ3) is 5.74. The van der Waals surface area contributed by atoms with Gasteiger partial charge < -0.3 is 19.4 Å². The van der Waals surface area contributed by atoms with Gasteiger partial charge in [-0.2, -0.15) is 18.2 Å². The molecule has 4 rings (SSSR count). The lowest BCUT2D eigenvalue weighted by atomic mass is 9.98. The number of rotatable bonds is 10. The summed E-state index contributed by atoms with van der Waals surface area (Å²) >= 11 is 0. The largest absolute Gasteiger partial charge is 0.490 e. The molecular formula is C23H31F3N6O2. The van der Waals surface area contributed by atoms with Crippen LogP contribution in [0.1, 0.15) is 45.4 Å². The summed E-state index contributed by atoms with van der Waals surface area (Å²) in [6.07, 6.45) is 0.508. The van der Waals surface area contributed by atoms with Crippen LogP contribution in [0.25, 0.3) is 5.65 Å². The first-order chi connectivity index (χ1) is 16.2. The minimum atomic E-state index is -4.19. The molecular weight excluding hydrogens is 449 g/mol. The summed E-state index contributed by atoms with van der Waals surface area (Å²) in [4.78, 5) is 11.0. The van der Waals surface area contributed by atoms with Crippen LogP contribution in [0.15, 0.2) is 28.9 Å². The zero-order valence-corrected chi connectivity index (χ0v) is 19.7. The summed E-state index contributed by atoms with van der Waals surface area (Å²) in [5.74, 6) is 3.12. The molecule has 8 nitrogen and oxygen atoms in total. The number of hydrogen-bond acceptors (Lipinski definition) is 7. The number of nitrogens with one attached hydrogen (secondary N) is 1. The van der Waals surface area contributed by atoms with Gasteiger partial charge in [-0.15, -0.1) is 5.10 Å². The molecule has 1 aliphatic carbocycles. The Balaban J connectivity index is 1.44. The lowest BCUT2D eigenvalue weighted by Gasteiger charge is -2.29. The molecule has 11 heteroatoms. The standard InChI is InChI=1S/C23H31F3N6O2/c1-4-31(19-13-27-16(3)34-19)14-17-9-8-15(2)20(17)28-22-29-21-18(7-5-11-32(21)30-22)33-12-6-10-23(24,25)26/h5,7,11,13,15,17,20H,4,6,8-10,12,14H2,1-3H3,(H,28,30)/t15-,17-,20+/m0/s1. The van der Waals surface area contributed by atoms with Crippen molar-refractivity contribution in [2.45, 2.75) is 58.7 Å². The zero-order valence-electron chi connectivity index (χ0n) is 19.7. The SMILES string of the molecule is CCN(C[C@@H]1CC[C@H](C)[C@H]1Nc1nc2c(OCCCC(F)(F)F)cccn2n1)c1cnc(C)o1. The quantitative estimate of drug-likeness (QED) is 0.404. The topological polar surface area (TPSA) is 80.7 Å². The molecule has 0 amide bonds. The second kappa shape index (κ2) is 10.1. The van der Waals surface area contributed by atoms with Crippen molar-refractivity contribution < 1.29 is 22.3 Å². The van der Waals surface area contributed by atoms with Crippen LogP contribution < -0.4 is 15.0 Å². The first-order valence-electron chi connectivity index (χ1n) is 11.7. The number of halogens is 3. The second-order valence-corrected chi connectivity index (χ2v) is 8.88. The second-order valence-electron chi connectivity index (χ2n) is 8.88. The first kappa shape index (κ1) is 24.2. The Kier molecular flexibility index (Phi) is 7.18. The lowest BCUT2D eigenvalue weighted by molar-refractivity contribution is -0.136. The van der Waals surface area contributed by atoms with Gasteiger partial charge in [0.1, 0.15) is 0 Å². The van der Waals surface area contributed by atoms with Gasteiger partial charge >= 0.3 is 6.18 Å². The molecule has 1 aliphatic rings. The fourth-order valence-electron chi connectivity index (χ4n) is 4.58. The number of oxazole rings is 1. The predicted molar refractivity (Wildman–Crippen MR) is 122 cm³/mol. The van der Waals surface area contributed by atoms with Crippen molar-refractivity contribution in [2.24, 2.45) is 11.8 Å². The van der Waals surface area contributed by atoms with Gasteiger partial charge in [0, 0.05) is 38.7 Å². The van der Waals surface area contributed by atoms with Crippen LogP contribution in [0.4, 0.5) is 25.0 Å². The Hall–Kier alpha value is -2.98. The molecule has 3 atom stereocenters. The molecule has 1 N–H and O–H groups in total. The number of hydrogen-bond donors (Lipinski definition) is 1. The Bertz CT molecular complexity index is 1080. The average Bonchev–Trinajstić information content (AvgIpc) is 3.49. The molecule has 3 heterocycles. The minimum Gasteiger partial charge on any atom is -0.490 e. The van der Waals surface area contributed by atoms with Crippen molar-refractivity contribution in [1.29, 1.82) is 0 Å². The van der Waals surface area contributed by atoms with Crippen molar-refractivity contribution in [2.75, 3.05) is 29.9 Å². The molecule has 3 aromatic rings. The smallest absolute Gasteiger partial charge is 0.389 e. The van der Waals surface area contributed by atoms with Crippen LogP contribution in [0, 0.1) is 18.8 Å². The van der Waals surface area contributed by atoms with Gasteiger partial charge in [-0.1, -0.05) is 6.92 Å². The molecule has 0 saturated heterocycles. The number of nitrogens with zero attached hydrogens (tertiary/aromatic N) is 5. The van der Waals surface area contributed by atoms with Gasteiger partial charge in [0.2, 0.25) is 11.8 Å². The molecule has 0 aliphatic heterocycles. The van der Waals surface area contributed by atoms with Crippen LogP contribution in [0.2, 0.25) is 0 Å². The highest BCUT2D eigenvalue weighted by atomic mass is 19.4. The van der Waals surface area contributed by atoms with E-state index in [1.165, 1.54) is 0 Å². The van der Waals surface area contributed by atoms with Crippen LogP contribution in [0.3, 0.4) is 0 Å². The molecule has 0 radical (unpaired) electrons. The maximum atomic E-state index is 12.4. The van der Waals surface area contributed by atoms with Crippen LogP contribution in [-0.4, -0.2) is 51.5 Å². The van der Waals surface area contributed by atoms with Crippen LogP contribution in [-0.2, 0) is 0 Å². The lowest BCUT2D eigenvalue weighted by Crippen LogP contribution is -2.38. The average molecular weight is 481 g/mol. The van der Waals surface area contributed by atoms with E-state index in [0.717, 1.165) is 31.8 Å². The summed E-state index contributed by atoms with van der Waals surface area (Å²) in [6, 6.07) is 3.61. The number of pyridine rings is 1. The van der Waals surface area contributed by atoms with Crippen molar-refractivity contribution in [3.05, 3.63) is 30.4 Å². The maximum Gasteiger partial charge on any atom is 0.389 e. The molecule has 186 valence electrons. The summed E-state index contributed by atoms with van der Waals surface area (Å²) in [5.41, 5.74) is 0.478. The molecule has 3 aromatic heterocycles. The van der Waals surface area contributed by atoms with Crippen LogP contribution >= 0.6 is 0 Å². The molecule has 0 unspecified atom stereocenters. The number of anilines is 2. The summed E-state index contributed by atoms with van der Waals surface area (Å²) in [5, 5.41) is 8.04. The highest BCUT2D eigenvalue weighted by Crippen LogP contribution is 2.35. The fourth-order valence-corrected chi connectivity index (χ4v) is 4.58. The number of ether oxygens (including phenoxy) is 1. The highest BCUT2D eigenvalue weighted by Gasteiger charge is 2.35. The van der Waals surface area contributed by atoms with Gasteiger partial charge in [0.25, 0.3) is 0 Å². The molecule has 0 spiro atoms. The third-order valence-corrected chi connectivity index (χ3v) is 6.36. The summed E-state index contributed by atoms with van der Waals surface area (Å²) in [7, 11) is 0. The summed E-state index contributed by atoms with van der Waals surface area (Å²) < 4.78 is 50.1. The third-order valence-electron chi connectivity index (χ3n) is 6.36. The van der Waals surface area contributed by atoms with Crippen molar-refractivity contribution in [3.63, 3.8) is 0 Å². The fraction of sp³-hybridized carbons (Fsp3) is 0.609. The molecule has 34 heavy (non-hydrogen) atoms. The van der Waals surface area contributed by atoms with E-state index in [9.17, 15) is 13.2 Å². The number of fused-ring (bicyclic) bond motifs is 1. The van der Waals surface area contributed by atoms with E-state index >= 15 is 0 Å². The molecule has 1 fully saturated rings. The summed E-state index contributed by atoms with van der Waals surface area (Å²) in [6.45, 7) is 7.76.